The lowest BCUT2D eigenvalue weighted by molar-refractivity contribution is -0.103. The number of benzene rings is 1. The molecule has 1 heterocycles. The van der Waals surface area contributed by atoms with E-state index in [-0.39, 0.29) is 12.5 Å². The Balaban J connectivity index is 2.30. The number of para-hydroxylation sites is 2. The van der Waals surface area contributed by atoms with E-state index in [1.54, 1.807) is 6.07 Å². The summed E-state index contributed by atoms with van der Waals surface area (Å²) in [5, 5.41) is 11.4. The highest BCUT2D eigenvalue weighted by molar-refractivity contribution is 6.05. The molecule has 0 amide bonds. The first-order valence-corrected chi connectivity index (χ1v) is 5.20. The number of carbonyl (C=O) groups is 1. The van der Waals surface area contributed by atoms with Gasteiger partial charge in [-0.2, -0.15) is 0 Å². The summed E-state index contributed by atoms with van der Waals surface area (Å²) in [5.74, 6) is 0.270. The third kappa shape index (κ3) is 2.51. The number of hydrogen-bond donors (Lipinski definition) is 2. The first-order chi connectivity index (χ1) is 8.35. The molecule has 2 N–H and O–H groups in total. The summed E-state index contributed by atoms with van der Waals surface area (Å²) in [7, 11) is 0. The summed E-state index contributed by atoms with van der Waals surface area (Å²) in [4.78, 5) is 15.1. The molecule has 0 spiro atoms. The van der Waals surface area contributed by atoms with Gasteiger partial charge in [0.05, 0.1) is 12.2 Å². The highest BCUT2D eigenvalue weighted by Gasteiger charge is 2.09. The number of aromatic nitrogens is 1. The SMILES string of the molecule is O=CC(=CNCCO)c1nc2ccccc2o1. The average Bonchev–Trinajstić information content (AvgIpc) is 2.78. The number of aliphatic hydroxyl groups excluding tert-OH is 1. The topological polar surface area (TPSA) is 75.4 Å². The van der Waals surface area contributed by atoms with E-state index < -0.39 is 0 Å². The van der Waals surface area contributed by atoms with E-state index in [9.17, 15) is 4.79 Å². The number of nitrogens with zero attached hydrogens (tertiary/aromatic N) is 1. The average molecular weight is 232 g/mol. The number of aldehydes is 1. The lowest BCUT2D eigenvalue weighted by Gasteiger charge is -1.96. The van der Waals surface area contributed by atoms with E-state index in [1.807, 2.05) is 18.2 Å². The second-order valence-corrected chi connectivity index (χ2v) is 3.38. The Morgan fingerprint density at radius 1 is 1.47 bits per heavy atom. The standard InChI is InChI=1S/C12H12N2O3/c15-6-5-13-7-9(8-16)12-14-10-3-1-2-4-11(10)17-12/h1-4,7-8,13,15H,5-6H2. The van der Waals surface area contributed by atoms with Crippen LogP contribution >= 0.6 is 0 Å². The van der Waals surface area contributed by atoms with E-state index >= 15 is 0 Å². The quantitative estimate of drug-likeness (QED) is 0.456. The number of aliphatic hydroxyl groups is 1. The summed E-state index contributed by atoms with van der Waals surface area (Å²) >= 11 is 0. The molecule has 5 heteroatoms. The molecule has 0 atom stereocenters. The van der Waals surface area contributed by atoms with Crippen molar-refractivity contribution in [2.24, 2.45) is 0 Å². The van der Waals surface area contributed by atoms with Gasteiger partial charge in [-0.1, -0.05) is 12.1 Å². The molecule has 0 aliphatic carbocycles. The zero-order valence-electron chi connectivity index (χ0n) is 9.09. The van der Waals surface area contributed by atoms with Crippen LogP contribution in [-0.4, -0.2) is 29.5 Å². The Hall–Kier alpha value is -2.14. The molecular formula is C12H12N2O3. The van der Waals surface area contributed by atoms with Gasteiger partial charge in [0.15, 0.2) is 11.9 Å². The van der Waals surface area contributed by atoms with Gasteiger partial charge >= 0.3 is 0 Å². The number of nitrogens with one attached hydrogen (secondary N) is 1. The van der Waals surface area contributed by atoms with Crippen molar-refractivity contribution in [3.63, 3.8) is 0 Å². The molecule has 0 aliphatic rings. The molecule has 0 saturated carbocycles. The van der Waals surface area contributed by atoms with Crippen LogP contribution < -0.4 is 5.32 Å². The van der Waals surface area contributed by atoms with Crippen molar-refractivity contribution in [3.8, 4) is 0 Å². The molecule has 17 heavy (non-hydrogen) atoms. The maximum Gasteiger partial charge on any atom is 0.232 e. The van der Waals surface area contributed by atoms with Crippen LogP contribution in [0.2, 0.25) is 0 Å². The monoisotopic (exact) mass is 232 g/mol. The molecule has 0 fully saturated rings. The summed E-state index contributed by atoms with van der Waals surface area (Å²) in [5.41, 5.74) is 1.66. The minimum Gasteiger partial charge on any atom is -0.436 e. The van der Waals surface area contributed by atoms with Crippen molar-refractivity contribution in [1.29, 1.82) is 0 Å². The van der Waals surface area contributed by atoms with Crippen molar-refractivity contribution >= 4 is 23.0 Å². The fourth-order valence-corrected chi connectivity index (χ4v) is 1.39. The minimum absolute atomic E-state index is 0.00377. The van der Waals surface area contributed by atoms with Gasteiger partial charge in [0.2, 0.25) is 5.89 Å². The van der Waals surface area contributed by atoms with Crippen LogP contribution in [0.3, 0.4) is 0 Å². The van der Waals surface area contributed by atoms with Gasteiger partial charge in [0.1, 0.15) is 5.52 Å². The van der Waals surface area contributed by atoms with Crippen LogP contribution in [0.25, 0.3) is 16.7 Å². The highest BCUT2D eigenvalue weighted by atomic mass is 16.3. The number of allylic oxidation sites excluding steroid dienone is 1. The highest BCUT2D eigenvalue weighted by Crippen LogP contribution is 2.18. The lowest BCUT2D eigenvalue weighted by Crippen LogP contribution is -2.11. The first-order valence-electron chi connectivity index (χ1n) is 5.20. The van der Waals surface area contributed by atoms with Crippen LogP contribution in [0, 0.1) is 0 Å². The van der Waals surface area contributed by atoms with Crippen molar-refractivity contribution < 1.29 is 14.3 Å². The molecule has 2 aromatic rings. The van der Waals surface area contributed by atoms with E-state index in [4.69, 9.17) is 9.52 Å². The number of hydrogen-bond acceptors (Lipinski definition) is 5. The maximum absolute atomic E-state index is 10.9. The zero-order chi connectivity index (χ0) is 12.1. The smallest absolute Gasteiger partial charge is 0.232 e. The van der Waals surface area contributed by atoms with E-state index in [0.29, 0.717) is 29.5 Å². The van der Waals surface area contributed by atoms with E-state index in [2.05, 4.69) is 10.3 Å². The molecule has 0 bridgehead atoms. The zero-order valence-corrected chi connectivity index (χ0v) is 9.09. The maximum atomic E-state index is 10.9. The van der Waals surface area contributed by atoms with Crippen LogP contribution in [0.4, 0.5) is 0 Å². The Labute approximate surface area is 97.8 Å². The molecule has 0 aliphatic heterocycles. The van der Waals surface area contributed by atoms with Gasteiger partial charge in [-0.25, -0.2) is 4.98 Å². The Morgan fingerprint density at radius 2 is 2.29 bits per heavy atom. The number of carbonyl (C=O) groups excluding carboxylic acids is 1. The van der Waals surface area contributed by atoms with E-state index in [0.717, 1.165) is 0 Å². The van der Waals surface area contributed by atoms with Crippen LogP contribution in [0.1, 0.15) is 5.89 Å². The van der Waals surface area contributed by atoms with Crippen LogP contribution in [-0.2, 0) is 4.79 Å². The van der Waals surface area contributed by atoms with Crippen molar-refractivity contribution in [3.05, 3.63) is 36.4 Å². The third-order valence-electron chi connectivity index (χ3n) is 2.18. The van der Waals surface area contributed by atoms with Crippen molar-refractivity contribution in [2.75, 3.05) is 13.2 Å². The molecule has 0 saturated heterocycles. The summed E-state index contributed by atoms with van der Waals surface area (Å²) in [6, 6.07) is 7.29. The number of rotatable bonds is 5. The second kappa shape index (κ2) is 5.27. The van der Waals surface area contributed by atoms with Gasteiger partial charge in [0.25, 0.3) is 0 Å². The third-order valence-corrected chi connectivity index (χ3v) is 2.18. The predicted octanol–water partition coefficient (Wildman–Crippen LogP) is 0.950. The molecule has 1 aromatic carbocycles. The summed E-state index contributed by atoms with van der Waals surface area (Å²) in [6.45, 7) is 0.369. The van der Waals surface area contributed by atoms with Gasteiger partial charge < -0.3 is 14.8 Å². The van der Waals surface area contributed by atoms with Gasteiger partial charge in [-0.05, 0) is 12.1 Å². The summed E-state index contributed by atoms with van der Waals surface area (Å²) in [6.07, 6.45) is 2.14. The predicted molar refractivity (Wildman–Crippen MR) is 63.1 cm³/mol. The largest absolute Gasteiger partial charge is 0.436 e. The molecule has 0 unspecified atom stereocenters. The molecule has 2 rings (SSSR count). The van der Waals surface area contributed by atoms with Crippen molar-refractivity contribution in [1.82, 2.24) is 10.3 Å². The molecule has 88 valence electrons. The molecular weight excluding hydrogens is 220 g/mol. The van der Waals surface area contributed by atoms with Crippen LogP contribution in [0.15, 0.2) is 34.9 Å². The first kappa shape index (κ1) is 11.3. The Bertz CT molecular complexity index is 512. The lowest BCUT2D eigenvalue weighted by atomic mass is 10.3. The normalized spacial score (nSPS) is 11.7. The molecule has 1 aromatic heterocycles. The fourth-order valence-electron chi connectivity index (χ4n) is 1.39. The van der Waals surface area contributed by atoms with Gasteiger partial charge in [0, 0.05) is 12.7 Å². The fraction of sp³-hybridized carbons (Fsp3) is 0.167. The van der Waals surface area contributed by atoms with Gasteiger partial charge in [-0.15, -0.1) is 0 Å². The second-order valence-electron chi connectivity index (χ2n) is 3.38. The minimum atomic E-state index is -0.00377. The van der Waals surface area contributed by atoms with Crippen molar-refractivity contribution in [2.45, 2.75) is 0 Å². The Morgan fingerprint density at radius 3 is 3.00 bits per heavy atom. The summed E-state index contributed by atoms with van der Waals surface area (Å²) < 4.78 is 5.44. The molecule has 5 nitrogen and oxygen atoms in total. The Kier molecular flexibility index (Phi) is 3.52. The van der Waals surface area contributed by atoms with E-state index in [1.165, 1.54) is 6.20 Å². The molecule has 0 radical (unpaired) electrons. The van der Waals surface area contributed by atoms with Gasteiger partial charge in [-0.3, -0.25) is 4.79 Å². The number of fused-ring (bicyclic) bond motifs is 1. The van der Waals surface area contributed by atoms with Crippen LogP contribution in [0.5, 0.6) is 0 Å². The number of oxazole rings is 1.